The first-order valence-corrected chi connectivity index (χ1v) is 9.73. The number of carbonyl (C=O) groups excluding carboxylic acids is 4. The first kappa shape index (κ1) is 19.4. The molecule has 2 N–H and O–H groups in total. The van der Waals surface area contributed by atoms with Crippen LogP contribution in [0.4, 0.5) is 22.7 Å². The van der Waals surface area contributed by atoms with Crippen molar-refractivity contribution in [1.29, 1.82) is 0 Å². The average molecular weight is 428 g/mol. The largest absolute Gasteiger partial charge is 0.321 e. The Kier molecular flexibility index (Phi) is 4.59. The fourth-order valence-electron chi connectivity index (χ4n) is 3.70. The summed E-state index contributed by atoms with van der Waals surface area (Å²) in [4.78, 5) is 60.8. The molecule has 0 fully saturated rings. The van der Waals surface area contributed by atoms with Crippen LogP contribution in [0.3, 0.4) is 0 Å². The van der Waals surface area contributed by atoms with Crippen LogP contribution < -0.4 is 20.4 Å². The second kappa shape index (κ2) is 7.58. The van der Waals surface area contributed by atoms with Gasteiger partial charge in [0.05, 0.1) is 35.1 Å². The summed E-state index contributed by atoms with van der Waals surface area (Å²) in [7, 11) is 0. The van der Waals surface area contributed by atoms with Crippen molar-refractivity contribution in [1.82, 2.24) is 9.97 Å². The smallest absolute Gasteiger partial charge is 0.258 e. The lowest BCUT2D eigenvalue weighted by molar-refractivity contribution is -0.115. The second-order valence-corrected chi connectivity index (χ2v) is 7.24. The summed E-state index contributed by atoms with van der Waals surface area (Å²) in [5.74, 6) is -1.38. The van der Waals surface area contributed by atoms with Crippen molar-refractivity contribution >= 4 is 46.4 Å². The molecule has 1 aromatic carbocycles. The van der Waals surface area contributed by atoms with E-state index < -0.39 is 0 Å². The number of rotatable bonds is 2. The minimum atomic E-state index is -0.375. The molecule has 10 nitrogen and oxygen atoms in total. The molecule has 0 saturated carbocycles. The quantitative estimate of drug-likeness (QED) is 0.640. The molecule has 158 valence electrons. The number of nitrogens with one attached hydrogen (secondary N) is 2. The maximum absolute atomic E-state index is 13.1. The molecule has 0 bridgehead atoms. The molecule has 2 aliphatic heterocycles. The monoisotopic (exact) mass is 428 g/mol. The van der Waals surface area contributed by atoms with Crippen molar-refractivity contribution in [3.63, 3.8) is 0 Å². The third kappa shape index (κ3) is 3.33. The molecule has 5 rings (SSSR count). The predicted octanol–water partition coefficient (Wildman–Crippen LogP) is 1.67. The third-order valence-corrected chi connectivity index (χ3v) is 5.20. The SMILES string of the molecule is O=C1CN(C(=O)c2ccc(C(=O)N3CC(=O)Nc4cnccc43)cc2)c2ccncc2N1. The molecule has 0 unspecified atom stereocenters. The molecule has 10 heteroatoms. The Bertz CT molecular complexity index is 1170. The Balaban J connectivity index is 1.41. The highest BCUT2D eigenvalue weighted by atomic mass is 16.2. The van der Waals surface area contributed by atoms with Crippen molar-refractivity contribution < 1.29 is 19.2 Å². The zero-order valence-electron chi connectivity index (χ0n) is 16.6. The zero-order chi connectivity index (χ0) is 22.2. The van der Waals surface area contributed by atoms with Crippen molar-refractivity contribution in [3.8, 4) is 0 Å². The minimum absolute atomic E-state index is 0.121. The van der Waals surface area contributed by atoms with Gasteiger partial charge in [0, 0.05) is 23.5 Å². The number of amides is 4. The van der Waals surface area contributed by atoms with Crippen LogP contribution in [0.5, 0.6) is 0 Å². The van der Waals surface area contributed by atoms with Crippen molar-refractivity contribution in [2.75, 3.05) is 33.5 Å². The number of carbonyl (C=O) groups is 4. The highest BCUT2D eigenvalue weighted by molar-refractivity contribution is 6.17. The summed E-state index contributed by atoms with van der Waals surface area (Å²) in [5, 5.41) is 5.37. The van der Waals surface area contributed by atoms with Crippen LogP contribution in [0.1, 0.15) is 20.7 Å². The molecular weight excluding hydrogens is 412 g/mol. The molecule has 32 heavy (non-hydrogen) atoms. The standard InChI is InChI=1S/C22H16N6O4/c29-19-11-27(17-5-7-23-9-15(17)25-19)21(31)13-1-2-14(4-3-13)22(32)28-12-20(30)26-16-10-24-8-6-18(16)28/h1-10H,11-12H2,(H,25,29)(H,26,30). The summed E-state index contributed by atoms with van der Waals surface area (Å²) in [5.41, 5.74) is 2.66. The Morgan fingerprint density at radius 2 is 1.09 bits per heavy atom. The summed E-state index contributed by atoms with van der Waals surface area (Å²) < 4.78 is 0. The first-order chi connectivity index (χ1) is 15.5. The molecule has 4 heterocycles. The number of aromatic nitrogens is 2. The molecule has 4 amide bonds. The van der Waals surface area contributed by atoms with E-state index in [-0.39, 0.29) is 36.7 Å². The van der Waals surface area contributed by atoms with Crippen LogP contribution in [-0.4, -0.2) is 46.7 Å². The average Bonchev–Trinajstić information content (AvgIpc) is 2.82. The van der Waals surface area contributed by atoms with Crippen LogP contribution in [0.2, 0.25) is 0 Å². The highest BCUT2D eigenvalue weighted by Crippen LogP contribution is 2.31. The Morgan fingerprint density at radius 3 is 1.50 bits per heavy atom. The Hall–Kier alpha value is -4.60. The summed E-state index contributed by atoms with van der Waals surface area (Å²) >= 11 is 0. The molecule has 0 aliphatic carbocycles. The molecule has 0 saturated heterocycles. The van der Waals surface area contributed by atoms with Gasteiger partial charge in [-0.2, -0.15) is 0 Å². The van der Waals surface area contributed by atoms with E-state index >= 15 is 0 Å². The van der Waals surface area contributed by atoms with Gasteiger partial charge in [-0.1, -0.05) is 0 Å². The number of fused-ring (bicyclic) bond motifs is 2. The van der Waals surface area contributed by atoms with Crippen LogP contribution in [0.15, 0.2) is 61.2 Å². The van der Waals surface area contributed by atoms with E-state index in [0.29, 0.717) is 33.9 Å². The van der Waals surface area contributed by atoms with Crippen LogP contribution >= 0.6 is 0 Å². The van der Waals surface area contributed by atoms with Crippen molar-refractivity contribution in [2.45, 2.75) is 0 Å². The number of anilines is 4. The molecule has 0 radical (unpaired) electrons. The van der Waals surface area contributed by atoms with E-state index in [4.69, 9.17) is 0 Å². The minimum Gasteiger partial charge on any atom is -0.321 e. The van der Waals surface area contributed by atoms with Crippen molar-refractivity contribution in [2.24, 2.45) is 0 Å². The van der Waals surface area contributed by atoms with Gasteiger partial charge < -0.3 is 10.6 Å². The van der Waals surface area contributed by atoms with Gasteiger partial charge in [-0.15, -0.1) is 0 Å². The Morgan fingerprint density at radius 1 is 0.688 bits per heavy atom. The Labute approximate surface area is 181 Å². The van der Waals surface area contributed by atoms with E-state index in [2.05, 4.69) is 20.6 Å². The van der Waals surface area contributed by atoms with E-state index in [0.717, 1.165) is 0 Å². The van der Waals surface area contributed by atoms with Gasteiger partial charge in [0.2, 0.25) is 11.8 Å². The fourth-order valence-corrected chi connectivity index (χ4v) is 3.70. The number of pyridine rings is 2. The second-order valence-electron chi connectivity index (χ2n) is 7.24. The van der Waals surface area contributed by atoms with Crippen molar-refractivity contribution in [3.05, 3.63) is 72.3 Å². The van der Waals surface area contributed by atoms with E-state index in [1.165, 1.54) is 46.5 Å². The van der Waals surface area contributed by atoms with E-state index in [1.807, 2.05) is 0 Å². The fraction of sp³-hybridized carbons (Fsp3) is 0.0909. The third-order valence-electron chi connectivity index (χ3n) is 5.20. The van der Waals surface area contributed by atoms with Gasteiger partial charge in [0.15, 0.2) is 0 Å². The topological polar surface area (TPSA) is 125 Å². The molecule has 2 aliphatic rings. The number of hydrogen-bond acceptors (Lipinski definition) is 6. The molecular formula is C22H16N6O4. The van der Waals surface area contributed by atoms with E-state index in [9.17, 15) is 19.2 Å². The van der Waals surface area contributed by atoms with Crippen LogP contribution in [-0.2, 0) is 9.59 Å². The molecule has 0 atom stereocenters. The summed E-state index contributed by atoms with van der Waals surface area (Å²) in [6.07, 6.45) is 6.05. The van der Waals surface area contributed by atoms with Crippen LogP contribution in [0.25, 0.3) is 0 Å². The van der Waals surface area contributed by atoms with Gasteiger partial charge in [-0.25, -0.2) is 0 Å². The number of hydrogen-bond donors (Lipinski definition) is 2. The van der Waals surface area contributed by atoms with Crippen LogP contribution in [0, 0.1) is 0 Å². The lowest BCUT2D eigenvalue weighted by Crippen LogP contribution is -2.42. The lowest BCUT2D eigenvalue weighted by atomic mass is 10.1. The van der Waals surface area contributed by atoms with Gasteiger partial charge in [-0.05, 0) is 36.4 Å². The molecule has 3 aromatic rings. The molecule has 0 spiro atoms. The van der Waals surface area contributed by atoms with Gasteiger partial charge in [-0.3, -0.25) is 38.9 Å². The first-order valence-electron chi connectivity index (χ1n) is 9.73. The lowest BCUT2D eigenvalue weighted by Gasteiger charge is -2.29. The van der Waals surface area contributed by atoms with Gasteiger partial charge in [0.1, 0.15) is 13.1 Å². The van der Waals surface area contributed by atoms with Gasteiger partial charge >= 0.3 is 0 Å². The summed E-state index contributed by atoms with van der Waals surface area (Å²) in [6.45, 7) is -0.242. The molecule has 2 aromatic heterocycles. The van der Waals surface area contributed by atoms with E-state index in [1.54, 1.807) is 24.5 Å². The number of nitrogens with zero attached hydrogens (tertiary/aromatic N) is 4. The number of benzene rings is 1. The maximum atomic E-state index is 13.1. The maximum Gasteiger partial charge on any atom is 0.258 e. The van der Waals surface area contributed by atoms with Gasteiger partial charge in [0.25, 0.3) is 11.8 Å². The zero-order valence-corrected chi connectivity index (χ0v) is 16.6. The normalized spacial score (nSPS) is 14.8. The summed E-state index contributed by atoms with van der Waals surface area (Å²) in [6, 6.07) is 9.41. The highest BCUT2D eigenvalue weighted by Gasteiger charge is 2.30. The predicted molar refractivity (Wildman–Crippen MR) is 116 cm³/mol.